The predicted octanol–water partition coefficient (Wildman–Crippen LogP) is 3.39. The fourth-order valence-electron chi connectivity index (χ4n) is 2.19. The number of nitrogens with zero attached hydrogens (tertiary/aromatic N) is 2. The average Bonchev–Trinajstić information content (AvgIpc) is 3.30. The molecule has 0 atom stereocenters. The van der Waals surface area contributed by atoms with Crippen molar-refractivity contribution in [3.63, 3.8) is 0 Å². The third kappa shape index (κ3) is 4.36. The Hall–Kier alpha value is -2.87. The number of aryl methyl sites for hydroxylation is 1. The summed E-state index contributed by atoms with van der Waals surface area (Å²) in [5.74, 6) is 2.01. The third-order valence-electron chi connectivity index (χ3n) is 3.45. The van der Waals surface area contributed by atoms with E-state index in [4.69, 9.17) is 14.0 Å². The zero-order chi connectivity index (χ0) is 17.6. The van der Waals surface area contributed by atoms with Crippen LogP contribution in [0.25, 0.3) is 11.4 Å². The van der Waals surface area contributed by atoms with Gasteiger partial charge >= 0.3 is 0 Å². The molecule has 0 aliphatic rings. The Labute approximate surface area is 148 Å². The zero-order valence-corrected chi connectivity index (χ0v) is 14.6. The number of benzene rings is 1. The second-order valence-electron chi connectivity index (χ2n) is 5.17. The second-order valence-corrected chi connectivity index (χ2v) is 5.95. The molecule has 0 spiro atoms. The maximum atomic E-state index is 12.1. The minimum absolute atomic E-state index is 0.161. The summed E-state index contributed by atoms with van der Waals surface area (Å²) in [4.78, 5) is 16.4. The van der Waals surface area contributed by atoms with E-state index < -0.39 is 0 Å². The van der Waals surface area contributed by atoms with Crippen LogP contribution in [0.5, 0.6) is 11.5 Å². The molecule has 0 bridgehead atoms. The summed E-state index contributed by atoms with van der Waals surface area (Å²) in [7, 11) is 3.11. The summed E-state index contributed by atoms with van der Waals surface area (Å²) in [6, 6.07) is 7.10. The number of hydrogen-bond donors (Lipinski definition) is 1. The van der Waals surface area contributed by atoms with Gasteiger partial charge in [-0.15, -0.1) is 0 Å². The minimum atomic E-state index is -0.161. The van der Waals surface area contributed by atoms with Gasteiger partial charge in [0, 0.05) is 47.7 Å². The summed E-state index contributed by atoms with van der Waals surface area (Å²) in [5.41, 5.74) is 1.51. The maximum Gasteiger partial charge on any atom is 0.227 e. The van der Waals surface area contributed by atoms with Crippen LogP contribution < -0.4 is 14.8 Å². The van der Waals surface area contributed by atoms with E-state index >= 15 is 0 Å². The summed E-state index contributed by atoms with van der Waals surface area (Å²) in [6.45, 7) is 0. The van der Waals surface area contributed by atoms with E-state index in [1.54, 1.807) is 43.8 Å². The van der Waals surface area contributed by atoms with Gasteiger partial charge in [0.05, 0.1) is 14.2 Å². The van der Waals surface area contributed by atoms with Gasteiger partial charge in [-0.2, -0.15) is 16.3 Å². The molecule has 3 aromatic rings. The molecule has 1 N–H and O–H groups in total. The number of thiophene rings is 1. The summed E-state index contributed by atoms with van der Waals surface area (Å²) in [5, 5.41) is 10.6. The van der Waals surface area contributed by atoms with E-state index in [1.807, 2.05) is 16.8 Å². The molecule has 0 fully saturated rings. The molecular weight excluding hydrogens is 342 g/mol. The van der Waals surface area contributed by atoms with Crippen LogP contribution >= 0.6 is 11.3 Å². The minimum Gasteiger partial charge on any atom is -0.497 e. The number of rotatable bonds is 7. The lowest BCUT2D eigenvalue weighted by Crippen LogP contribution is -2.12. The van der Waals surface area contributed by atoms with E-state index in [0.29, 0.717) is 35.3 Å². The van der Waals surface area contributed by atoms with Crippen LogP contribution in [0.3, 0.4) is 0 Å². The molecule has 0 saturated heterocycles. The number of hydrogen-bond acceptors (Lipinski definition) is 7. The summed E-state index contributed by atoms with van der Waals surface area (Å²) in [6.07, 6.45) is 0.592. The van der Waals surface area contributed by atoms with Gasteiger partial charge in [0.1, 0.15) is 11.5 Å². The highest BCUT2D eigenvalue weighted by molar-refractivity contribution is 7.08. The number of amides is 1. The number of carbonyl (C=O) groups is 1. The highest BCUT2D eigenvalue weighted by Gasteiger charge is 2.12. The van der Waals surface area contributed by atoms with Crippen molar-refractivity contribution in [2.45, 2.75) is 12.8 Å². The molecule has 2 heterocycles. The quantitative estimate of drug-likeness (QED) is 0.696. The van der Waals surface area contributed by atoms with Crippen LogP contribution in [-0.2, 0) is 11.2 Å². The lowest BCUT2D eigenvalue weighted by molar-refractivity contribution is -0.116. The van der Waals surface area contributed by atoms with Crippen molar-refractivity contribution in [2.24, 2.45) is 0 Å². The molecule has 2 aromatic heterocycles. The lowest BCUT2D eigenvalue weighted by Gasteiger charge is -2.09. The molecule has 0 unspecified atom stereocenters. The smallest absolute Gasteiger partial charge is 0.227 e. The summed E-state index contributed by atoms with van der Waals surface area (Å²) < 4.78 is 15.6. The molecule has 1 aromatic carbocycles. The topological polar surface area (TPSA) is 86.5 Å². The van der Waals surface area contributed by atoms with E-state index in [-0.39, 0.29) is 12.3 Å². The normalized spacial score (nSPS) is 10.5. The van der Waals surface area contributed by atoms with Crippen molar-refractivity contribution < 1.29 is 18.8 Å². The molecule has 0 saturated carbocycles. The van der Waals surface area contributed by atoms with Gasteiger partial charge in [-0.3, -0.25) is 4.79 Å². The lowest BCUT2D eigenvalue weighted by atomic mass is 10.2. The second kappa shape index (κ2) is 7.80. The first-order valence-corrected chi connectivity index (χ1v) is 8.50. The number of nitrogens with one attached hydrogen (secondary N) is 1. The highest BCUT2D eigenvalue weighted by atomic mass is 32.1. The van der Waals surface area contributed by atoms with Crippen LogP contribution in [0.2, 0.25) is 0 Å². The van der Waals surface area contributed by atoms with E-state index in [9.17, 15) is 4.79 Å². The molecule has 1 amide bonds. The fraction of sp³-hybridized carbons (Fsp3) is 0.235. The Kier molecular flexibility index (Phi) is 5.30. The summed E-state index contributed by atoms with van der Waals surface area (Å²) >= 11 is 1.56. The van der Waals surface area contributed by atoms with Crippen LogP contribution in [-0.4, -0.2) is 30.3 Å². The number of aromatic nitrogens is 2. The van der Waals surface area contributed by atoms with Crippen molar-refractivity contribution in [1.82, 2.24) is 10.1 Å². The van der Waals surface area contributed by atoms with Crippen LogP contribution in [0, 0.1) is 0 Å². The van der Waals surface area contributed by atoms with Gasteiger partial charge in [-0.1, -0.05) is 5.16 Å². The third-order valence-corrected chi connectivity index (χ3v) is 4.13. The van der Waals surface area contributed by atoms with Crippen LogP contribution in [0.4, 0.5) is 5.69 Å². The monoisotopic (exact) mass is 359 g/mol. The largest absolute Gasteiger partial charge is 0.497 e. The number of anilines is 1. The molecule has 8 heteroatoms. The van der Waals surface area contributed by atoms with Crippen LogP contribution in [0.1, 0.15) is 12.3 Å². The first-order valence-electron chi connectivity index (χ1n) is 7.56. The van der Waals surface area contributed by atoms with Crippen molar-refractivity contribution >= 4 is 22.9 Å². The number of carbonyl (C=O) groups excluding carboxylic acids is 1. The SMILES string of the molecule is COc1cc(NC(=O)CCc2nc(-c3ccsc3)no2)cc(OC)c1. The van der Waals surface area contributed by atoms with E-state index in [1.165, 1.54) is 0 Å². The molecule has 0 radical (unpaired) electrons. The van der Waals surface area contributed by atoms with E-state index in [0.717, 1.165) is 5.56 Å². The fourth-order valence-corrected chi connectivity index (χ4v) is 2.82. The van der Waals surface area contributed by atoms with Crippen molar-refractivity contribution in [3.8, 4) is 22.9 Å². The van der Waals surface area contributed by atoms with Gasteiger partial charge < -0.3 is 19.3 Å². The number of ether oxygens (including phenoxy) is 2. The molecule has 0 aliphatic heterocycles. The Bertz CT molecular complexity index is 823. The highest BCUT2D eigenvalue weighted by Crippen LogP contribution is 2.26. The average molecular weight is 359 g/mol. The molecule has 3 rings (SSSR count). The zero-order valence-electron chi connectivity index (χ0n) is 13.8. The Morgan fingerprint density at radius 2 is 2.00 bits per heavy atom. The standard InChI is InChI=1S/C17H17N3O4S/c1-22-13-7-12(8-14(9-13)23-2)18-15(21)3-4-16-19-17(20-24-16)11-5-6-25-10-11/h5-10H,3-4H2,1-2H3,(H,18,21). The molecule has 0 aliphatic carbocycles. The van der Waals surface area contributed by atoms with Gasteiger partial charge in [0.15, 0.2) is 0 Å². The molecule has 7 nitrogen and oxygen atoms in total. The van der Waals surface area contributed by atoms with Crippen molar-refractivity contribution in [1.29, 1.82) is 0 Å². The Morgan fingerprint density at radius 1 is 1.24 bits per heavy atom. The van der Waals surface area contributed by atoms with Crippen molar-refractivity contribution in [2.75, 3.05) is 19.5 Å². The molecular formula is C17H17N3O4S. The first kappa shape index (κ1) is 17.0. The van der Waals surface area contributed by atoms with Crippen LogP contribution in [0.15, 0.2) is 39.5 Å². The Morgan fingerprint density at radius 3 is 2.64 bits per heavy atom. The predicted molar refractivity (Wildman–Crippen MR) is 94.1 cm³/mol. The van der Waals surface area contributed by atoms with Gasteiger partial charge in [0.2, 0.25) is 17.6 Å². The molecule has 130 valence electrons. The van der Waals surface area contributed by atoms with Gasteiger partial charge in [0.25, 0.3) is 0 Å². The van der Waals surface area contributed by atoms with Gasteiger partial charge in [-0.25, -0.2) is 0 Å². The molecule has 25 heavy (non-hydrogen) atoms. The van der Waals surface area contributed by atoms with Gasteiger partial charge in [-0.05, 0) is 11.4 Å². The first-order chi connectivity index (χ1) is 12.2. The Balaban J connectivity index is 1.58. The van der Waals surface area contributed by atoms with Crippen molar-refractivity contribution in [3.05, 3.63) is 40.9 Å². The maximum absolute atomic E-state index is 12.1. The van der Waals surface area contributed by atoms with E-state index in [2.05, 4.69) is 15.5 Å². The number of methoxy groups -OCH3 is 2.